The van der Waals surface area contributed by atoms with Crippen LogP contribution in [0.15, 0.2) is 46.5 Å². The molecule has 2 heterocycles. The maximum Gasteiger partial charge on any atom is 0.340 e. The standard InChI is InChI=1S/C32H44O5/c1-4-21(12-11-20(2)3)18-27-32-16-15-22(19-25(32)30(34)37-27)23-13-14-24-26(10-8-6-5-7-9-17-33)36-31(35)28(24)29(23)32/h10,18-23,29,33H,4-9,11-17H2,1-3H3. The summed E-state index contributed by atoms with van der Waals surface area (Å²) in [6, 6.07) is 0. The van der Waals surface area contributed by atoms with Crippen molar-refractivity contribution < 1.29 is 24.2 Å². The molecule has 6 rings (SSSR count). The van der Waals surface area contributed by atoms with Crippen molar-refractivity contribution in [2.75, 3.05) is 6.61 Å². The van der Waals surface area contributed by atoms with Crippen LogP contribution in [-0.4, -0.2) is 23.7 Å². The zero-order chi connectivity index (χ0) is 26.2. The second-order valence-electron chi connectivity index (χ2n) is 12.3. The average Bonchev–Trinajstić information content (AvgIpc) is 3.37. The van der Waals surface area contributed by atoms with Crippen LogP contribution in [-0.2, 0) is 19.1 Å². The summed E-state index contributed by atoms with van der Waals surface area (Å²) in [5, 5.41) is 8.99. The van der Waals surface area contributed by atoms with Crippen molar-refractivity contribution in [3.8, 4) is 0 Å². The lowest BCUT2D eigenvalue weighted by atomic mass is 9.46. The van der Waals surface area contributed by atoms with Crippen LogP contribution in [0.2, 0.25) is 0 Å². The van der Waals surface area contributed by atoms with Gasteiger partial charge in [-0.05, 0) is 93.6 Å². The highest BCUT2D eigenvalue weighted by Gasteiger charge is 2.66. The van der Waals surface area contributed by atoms with Crippen LogP contribution in [0.3, 0.4) is 0 Å². The van der Waals surface area contributed by atoms with Crippen molar-refractivity contribution in [1.82, 2.24) is 0 Å². The largest absolute Gasteiger partial charge is 0.427 e. The molecule has 5 heteroatoms. The van der Waals surface area contributed by atoms with Gasteiger partial charge < -0.3 is 14.6 Å². The molecule has 0 amide bonds. The Hall–Kier alpha value is -2.14. The predicted octanol–water partition coefficient (Wildman–Crippen LogP) is 6.93. The highest BCUT2D eigenvalue weighted by Crippen LogP contribution is 2.68. The summed E-state index contributed by atoms with van der Waals surface area (Å²) >= 11 is 0. The zero-order valence-corrected chi connectivity index (χ0v) is 22.9. The zero-order valence-electron chi connectivity index (χ0n) is 22.9. The van der Waals surface area contributed by atoms with E-state index in [0.29, 0.717) is 23.7 Å². The van der Waals surface area contributed by atoms with Crippen LogP contribution in [0, 0.1) is 35.0 Å². The molecule has 5 atom stereocenters. The lowest BCUT2D eigenvalue weighted by Gasteiger charge is -2.54. The van der Waals surface area contributed by atoms with Crippen molar-refractivity contribution >= 4 is 11.9 Å². The molecule has 5 nitrogen and oxygen atoms in total. The number of carbonyl (C=O) groups excluding carboxylic acids is 2. The first-order chi connectivity index (χ1) is 17.9. The Kier molecular flexibility index (Phi) is 7.81. The molecule has 4 aliphatic carbocycles. The van der Waals surface area contributed by atoms with Crippen LogP contribution in [0.4, 0.5) is 0 Å². The van der Waals surface area contributed by atoms with Gasteiger partial charge in [0.2, 0.25) is 0 Å². The minimum absolute atomic E-state index is 0.0294. The number of fused-ring (bicyclic) bond motifs is 1. The van der Waals surface area contributed by atoms with Gasteiger partial charge in [0.15, 0.2) is 0 Å². The van der Waals surface area contributed by atoms with Crippen LogP contribution in [0.1, 0.15) is 97.8 Å². The van der Waals surface area contributed by atoms with Gasteiger partial charge in [-0.15, -0.1) is 0 Å². The fourth-order valence-corrected chi connectivity index (χ4v) is 7.71. The quantitative estimate of drug-likeness (QED) is 0.242. The molecule has 0 radical (unpaired) electrons. The van der Waals surface area contributed by atoms with Crippen molar-refractivity contribution in [1.29, 1.82) is 0 Å². The Morgan fingerprint density at radius 1 is 1.08 bits per heavy atom. The van der Waals surface area contributed by atoms with E-state index in [-0.39, 0.29) is 24.5 Å². The number of cyclic esters (lactones) is 2. The van der Waals surface area contributed by atoms with Gasteiger partial charge in [0, 0.05) is 29.2 Å². The van der Waals surface area contributed by atoms with Crippen molar-refractivity contribution in [2.24, 2.45) is 35.0 Å². The molecular formula is C32H44O5. The van der Waals surface area contributed by atoms with E-state index in [1.54, 1.807) is 0 Å². The molecule has 2 aliphatic heterocycles. The summed E-state index contributed by atoms with van der Waals surface area (Å²) in [4.78, 5) is 26.7. The van der Waals surface area contributed by atoms with Crippen LogP contribution in [0.25, 0.3) is 0 Å². The van der Waals surface area contributed by atoms with E-state index in [9.17, 15) is 9.59 Å². The van der Waals surface area contributed by atoms with Gasteiger partial charge in [-0.2, -0.15) is 0 Å². The lowest BCUT2D eigenvalue weighted by Crippen LogP contribution is -2.50. The normalized spacial score (nSPS) is 33.0. The number of allylic oxidation sites excluding steroid dienone is 5. The number of aliphatic hydroxyl groups excluding tert-OH is 1. The van der Waals surface area contributed by atoms with Crippen LogP contribution in [0.5, 0.6) is 0 Å². The minimum atomic E-state index is -0.512. The van der Waals surface area contributed by atoms with Gasteiger partial charge in [0.25, 0.3) is 0 Å². The monoisotopic (exact) mass is 508 g/mol. The number of rotatable bonds is 11. The SMILES string of the molecule is CCC(C=C1OC(=O)C2=CC3CCC12C1C2=C(CCC31)C(=CCCCCCCO)OC2=O)CCC(C)C. The summed E-state index contributed by atoms with van der Waals surface area (Å²) in [7, 11) is 0. The summed E-state index contributed by atoms with van der Waals surface area (Å²) < 4.78 is 12.0. The van der Waals surface area contributed by atoms with E-state index in [1.807, 2.05) is 0 Å². The van der Waals surface area contributed by atoms with E-state index in [4.69, 9.17) is 14.6 Å². The molecule has 1 saturated carbocycles. The minimum Gasteiger partial charge on any atom is -0.427 e. The fourth-order valence-electron chi connectivity index (χ4n) is 7.71. The number of esters is 2. The smallest absolute Gasteiger partial charge is 0.340 e. The number of ether oxygens (including phenoxy) is 2. The van der Waals surface area contributed by atoms with Gasteiger partial charge in [-0.1, -0.05) is 46.1 Å². The van der Waals surface area contributed by atoms with Gasteiger partial charge >= 0.3 is 11.9 Å². The Morgan fingerprint density at radius 3 is 2.65 bits per heavy atom. The molecule has 2 fully saturated rings. The van der Waals surface area contributed by atoms with E-state index >= 15 is 0 Å². The molecule has 6 aliphatic rings. The summed E-state index contributed by atoms with van der Waals surface area (Å²) in [6.45, 7) is 6.97. The first-order valence-electron chi connectivity index (χ1n) is 14.8. The van der Waals surface area contributed by atoms with Gasteiger partial charge in [-0.25, -0.2) is 9.59 Å². The fraction of sp³-hybridized carbons (Fsp3) is 0.688. The number of carbonyl (C=O) groups is 2. The number of hydrogen-bond donors (Lipinski definition) is 1. The molecule has 37 heavy (non-hydrogen) atoms. The Labute approximate surface area is 222 Å². The summed E-state index contributed by atoms with van der Waals surface area (Å²) in [5.41, 5.74) is 2.20. The first kappa shape index (κ1) is 26.5. The molecule has 1 saturated heterocycles. The molecule has 1 spiro atoms. The molecule has 0 aromatic rings. The molecule has 0 aromatic heterocycles. The van der Waals surface area contributed by atoms with Crippen LogP contribution < -0.4 is 0 Å². The summed E-state index contributed by atoms with van der Waals surface area (Å²) in [5.74, 6) is 2.82. The third kappa shape index (κ3) is 4.66. The molecule has 202 valence electrons. The lowest BCUT2D eigenvalue weighted by molar-refractivity contribution is -0.135. The third-order valence-electron chi connectivity index (χ3n) is 9.66. The summed E-state index contributed by atoms with van der Waals surface area (Å²) in [6.07, 6.45) is 18.5. The third-order valence-corrected chi connectivity index (χ3v) is 9.66. The molecular weight excluding hydrogens is 464 g/mol. The van der Waals surface area contributed by atoms with Crippen molar-refractivity contribution in [3.63, 3.8) is 0 Å². The van der Waals surface area contributed by atoms with Crippen LogP contribution >= 0.6 is 0 Å². The highest BCUT2D eigenvalue weighted by molar-refractivity contribution is 5.99. The van der Waals surface area contributed by atoms with Gasteiger partial charge in [0.05, 0.1) is 5.41 Å². The second kappa shape index (κ2) is 10.9. The first-order valence-corrected chi connectivity index (χ1v) is 14.8. The maximum absolute atomic E-state index is 13.4. The van der Waals surface area contributed by atoms with E-state index in [2.05, 4.69) is 39.0 Å². The molecule has 2 bridgehead atoms. The maximum atomic E-state index is 13.4. The Morgan fingerprint density at radius 2 is 1.89 bits per heavy atom. The molecule has 0 aromatic carbocycles. The highest BCUT2D eigenvalue weighted by atomic mass is 16.5. The second-order valence-corrected chi connectivity index (χ2v) is 12.3. The number of hydrogen-bond acceptors (Lipinski definition) is 5. The number of unbranched alkanes of at least 4 members (excludes halogenated alkanes) is 4. The molecule has 1 N–H and O–H groups in total. The topological polar surface area (TPSA) is 72.8 Å². The van der Waals surface area contributed by atoms with Gasteiger partial charge in [-0.3, -0.25) is 0 Å². The van der Waals surface area contributed by atoms with Crippen molar-refractivity contribution in [3.05, 3.63) is 46.5 Å². The predicted molar refractivity (Wildman–Crippen MR) is 143 cm³/mol. The molecule has 5 unspecified atom stereocenters. The Bertz CT molecular complexity index is 1040. The van der Waals surface area contributed by atoms with E-state index in [1.165, 1.54) is 0 Å². The van der Waals surface area contributed by atoms with Gasteiger partial charge in [0.1, 0.15) is 11.5 Å². The Balaban J connectivity index is 1.48. The average molecular weight is 509 g/mol. The number of aliphatic hydroxyl groups is 1. The van der Waals surface area contributed by atoms with E-state index in [0.717, 1.165) is 105 Å². The van der Waals surface area contributed by atoms with E-state index < -0.39 is 5.41 Å². The van der Waals surface area contributed by atoms with Crippen molar-refractivity contribution in [2.45, 2.75) is 97.8 Å².